The summed E-state index contributed by atoms with van der Waals surface area (Å²) in [6.45, 7) is 0.468. The Morgan fingerprint density at radius 3 is 2.08 bits per heavy atom. The van der Waals surface area contributed by atoms with Crippen LogP contribution in [0.4, 0.5) is 0 Å². The molecule has 14 heteroatoms. The number of imidazole rings is 1. The third-order valence-electron chi connectivity index (χ3n) is 5.85. The molecule has 2 rings (SSSR count). The minimum absolute atomic E-state index is 0.0783. The second-order valence-electron chi connectivity index (χ2n) is 9.05. The van der Waals surface area contributed by atoms with Crippen LogP contribution in [0.5, 0.6) is 0 Å². The zero-order chi connectivity index (χ0) is 28.8. The maximum Gasteiger partial charge on any atom is 0.326 e. The lowest BCUT2D eigenvalue weighted by atomic mass is 10.0. The van der Waals surface area contributed by atoms with E-state index >= 15 is 0 Å². The molecule has 0 aliphatic heterocycles. The predicted molar refractivity (Wildman–Crippen MR) is 141 cm³/mol. The first-order valence-corrected chi connectivity index (χ1v) is 12.5. The highest BCUT2D eigenvalue weighted by molar-refractivity contribution is 5.95. The predicted octanol–water partition coefficient (Wildman–Crippen LogP) is -1.93. The van der Waals surface area contributed by atoms with Gasteiger partial charge in [0, 0.05) is 24.7 Å². The SMILES string of the molecule is NCCCCC(N)C(=O)NC(Cc1ccccc1)C(=O)NC(Cc1cnc[nH]1)C(=O)NC(CC(N)=O)C(=O)O. The van der Waals surface area contributed by atoms with Crippen LogP contribution in [0.1, 0.15) is 36.9 Å². The number of nitrogens with two attached hydrogens (primary N) is 3. The smallest absolute Gasteiger partial charge is 0.326 e. The van der Waals surface area contributed by atoms with Gasteiger partial charge >= 0.3 is 5.97 Å². The molecule has 14 nitrogen and oxygen atoms in total. The second-order valence-corrected chi connectivity index (χ2v) is 9.05. The molecule has 2 aromatic rings. The summed E-state index contributed by atoms with van der Waals surface area (Å²) in [5.41, 5.74) is 17.8. The lowest BCUT2D eigenvalue weighted by Gasteiger charge is -2.25. The molecule has 1 aromatic carbocycles. The van der Waals surface area contributed by atoms with Gasteiger partial charge in [-0.2, -0.15) is 0 Å². The lowest BCUT2D eigenvalue weighted by Crippen LogP contribution is -2.58. The molecule has 39 heavy (non-hydrogen) atoms. The molecule has 0 aliphatic carbocycles. The number of carboxylic acid groups (broad SMARTS) is 1. The molecule has 1 heterocycles. The number of rotatable bonds is 17. The fraction of sp³-hybridized carbons (Fsp3) is 0.440. The van der Waals surface area contributed by atoms with Crippen molar-refractivity contribution in [2.75, 3.05) is 6.54 Å². The normalized spacial score (nSPS) is 13.9. The zero-order valence-electron chi connectivity index (χ0n) is 21.5. The Labute approximate surface area is 225 Å². The van der Waals surface area contributed by atoms with E-state index in [1.807, 2.05) is 0 Å². The molecule has 4 atom stereocenters. The van der Waals surface area contributed by atoms with Gasteiger partial charge in [-0.25, -0.2) is 9.78 Å². The zero-order valence-corrected chi connectivity index (χ0v) is 21.5. The van der Waals surface area contributed by atoms with Crippen molar-refractivity contribution in [2.24, 2.45) is 17.2 Å². The summed E-state index contributed by atoms with van der Waals surface area (Å²) in [5.74, 6) is -4.49. The molecule has 1 aromatic heterocycles. The molecule has 4 unspecified atom stereocenters. The molecule has 212 valence electrons. The van der Waals surface area contributed by atoms with Crippen LogP contribution < -0.4 is 33.2 Å². The lowest BCUT2D eigenvalue weighted by molar-refractivity contribution is -0.143. The van der Waals surface area contributed by atoms with Gasteiger partial charge in [0.2, 0.25) is 23.6 Å². The van der Waals surface area contributed by atoms with E-state index in [0.29, 0.717) is 31.5 Å². The molecule has 11 N–H and O–H groups in total. The number of carbonyl (C=O) groups excluding carboxylic acids is 4. The van der Waals surface area contributed by atoms with Gasteiger partial charge in [0.05, 0.1) is 18.8 Å². The van der Waals surface area contributed by atoms with Crippen LogP contribution in [0.2, 0.25) is 0 Å². The number of carboxylic acids is 1. The molecule has 0 bridgehead atoms. The molecule has 0 spiro atoms. The van der Waals surface area contributed by atoms with Crippen molar-refractivity contribution >= 4 is 29.6 Å². The minimum atomic E-state index is -1.59. The standard InChI is InChI=1S/C25H36N8O6/c26-9-5-4-8-17(27)22(35)31-18(10-15-6-2-1-3-7-15)23(36)32-19(11-16-13-29-14-30-16)24(37)33-20(25(38)39)12-21(28)34/h1-3,6-7,13-14,17-20H,4-5,8-12,26-27H2,(H2,28,34)(H,29,30)(H,31,35)(H,32,36)(H,33,37)(H,38,39). The Kier molecular flexibility index (Phi) is 12.6. The molecule has 0 aliphatic rings. The van der Waals surface area contributed by atoms with E-state index in [0.717, 1.165) is 5.56 Å². The number of hydrogen-bond donors (Lipinski definition) is 8. The van der Waals surface area contributed by atoms with Crippen LogP contribution in [0.3, 0.4) is 0 Å². The fourth-order valence-electron chi connectivity index (χ4n) is 3.75. The van der Waals surface area contributed by atoms with Crippen LogP contribution in [-0.2, 0) is 36.8 Å². The molecule has 0 fully saturated rings. The van der Waals surface area contributed by atoms with E-state index in [1.165, 1.54) is 12.5 Å². The number of H-pyrrole nitrogens is 1. The topological polar surface area (TPSA) is 248 Å². The van der Waals surface area contributed by atoms with Crippen molar-refractivity contribution in [1.29, 1.82) is 0 Å². The minimum Gasteiger partial charge on any atom is -0.480 e. The molecule has 0 radical (unpaired) electrons. The van der Waals surface area contributed by atoms with E-state index in [1.54, 1.807) is 30.3 Å². The summed E-state index contributed by atoms with van der Waals surface area (Å²) in [5, 5.41) is 16.9. The van der Waals surface area contributed by atoms with E-state index < -0.39 is 60.2 Å². The number of benzene rings is 1. The molecule has 4 amide bonds. The van der Waals surface area contributed by atoms with Crippen LogP contribution in [0.15, 0.2) is 42.9 Å². The third-order valence-corrected chi connectivity index (χ3v) is 5.85. The maximum atomic E-state index is 13.4. The summed E-state index contributed by atoms with van der Waals surface area (Å²) in [4.78, 5) is 68.8. The van der Waals surface area contributed by atoms with E-state index in [2.05, 4.69) is 25.9 Å². The number of aliphatic carboxylic acids is 1. The Bertz CT molecular complexity index is 1100. The van der Waals surface area contributed by atoms with Crippen molar-refractivity contribution in [3.05, 3.63) is 54.1 Å². The first kappa shape index (κ1) is 30.9. The second kappa shape index (κ2) is 15.8. The van der Waals surface area contributed by atoms with Gasteiger partial charge in [-0.05, 0) is 24.9 Å². The Morgan fingerprint density at radius 1 is 0.897 bits per heavy atom. The Balaban J connectivity index is 2.24. The molecule has 0 saturated heterocycles. The van der Waals surface area contributed by atoms with Crippen LogP contribution in [-0.4, -0.2) is 75.4 Å². The highest BCUT2D eigenvalue weighted by Gasteiger charge is 2.31. The molecular formula is C25H36N8O6. The number of hydrogen-bond acceptors (Lipinski definition) is 8. The largest absolute Gasteiger partial charge is 0.480 e. The van der Waals surface area contributed by atoms with Crippen LogP contribution >= 0.6 is 0 Å². The summed E-state index contributed by atoms with van der Waals surface area (Å²) in [6, 6.07) is 4.10. The van der Waals surface area contributed by atoms with E-state index in [-0.39, 0.29) is 12.8 Å². The van der Waals surface area contributed by atoms with Crippen molar-refractivity contribution in [3.63, 3.8) is 0 Å². The number of aromatic nitrogens is 2. The highest BCUT2D eigenvalue weighted by Crippen LogP contribution is 2.07. The van der Waals surface area contributed by atoms with Gasteiger partial charge in [-0.3, -0.25) is 19.2 Å². The summed E-state index contributed by atoms with van der Waals surface area (Å²) in [7, 11) is 0. The quantitative estimate of drug-likeness (QED) is 0.103. The number of nitrogens with zero attached hydrogens (tertiary/aromatic N) is 1. The van der Waals surface area contributed by atoms with E-state index in [4.69, 9.17) is 17.2 Å². The van der Waals surface area contributed by atoms with Crippen molar-refractivity contribution < 1.29 is 29.1 Å². The van der Waals surface area contributed by atoms with Crippen molar-refractivity contribution in [1.82, 2.24) is 25.9 Å². The number of carbonyl (C=O) groups is 5. The first-order chi connectivity index (χ1) is 18.6. The Morgan fingerprint density at radius 2 is 1.51 bits per heavy atom. The average Bonchev–Trinajstić information content (AvgIpc) is 3.41. The number of unbranched alkanes of at least 4 members (excludes halogenated alkanes) is 1. The first-order valence-electron chi connectivity index (χ1n) is 12.5. The summed E-state index contributed by atoms with van der Waals surface area (Å²) >= 11 is 0. The van der Waals surface area contributed by atoms with Gasteiger partial charge in [0.15, 0.2) is 0 Å². The van der Waals surface area contributed by atoms with Crippen LogP contribution in [0, 0.1) is 0 Å². The van der Waals surface area contributed by atoms with E-state index in [9.17, 15) is 29.1 Å². The van der Waals surface area contributed by atoms with Crippen molar-refractivity contribution in [2.45, 2.75) is 62.7 Å². The van der Waals surface area contributed by atoms with Crippen LogP contribution in [0.25, 0.3) is 0 Å². The maximum absolute atomic E-state index is 13.4. The average molecular weight is 545 g/mol. The Hall–Kier alpha value is -4.30. The highest BCUT2D eigenvalue weighted by atomic mass is 16.4. The number of amides is 4. The van der Waals surface area contributed by atoms with Gasteiger partial charge in [0.25, 0.3) is 0 Å². The van der Waals surface area contributed by atoms with Gasteiger partial charge in [0.1, 0.15) is 18.1 Å². The third kappa shape index (κ3) is 10.9. The summed E-state index contributed by atoms with van der Waals surface area (Å²) in [6.07, 6.45) is 3.93. The van der Waals surface area contributed by atoms with Gasteiger partial charge < -0.3 is 43.2 Å². The molecule has 0 saturated carbocycles. The van der Waals surface area contributed by atoms with Gasteiger partial charge in [-0.15, -0.1) is 0 Å². The van der Waals surface area contributed by atoms with Gasteiger partial charge in [-0.1, -0.05) is 36.8 Å². The molecular weight excluding hydrogens is 508 g/mol. The fourth-order valence-corrected chi connectivity index (χ4v) is 3.75. The number of nitrogens with one attached hydrogen (secondary N) is 4. The van der Waals surface area contributed by atoms with Crippen molar-refractivity contribution in [3.8, 4) is 0 Å². The summed E-state index contributed by atoms with van der Waals surface area (Å²) < 4.78 is 0. The monoisotopic (exact) mass is 544 g/mol. The number of aromatic amines is 1. The number of primary amides is 1.